The van der Waals surface area contributed by atoms with E-state index in [0.717, 1.165) is 37.3 Å². The number of hydrogen-bond donors (Lipinski definition) is 0. The summed E-state index contributed by atoms with van der Waals surface area (Å²) in [7, 11) is 0. The summed E-state index contributed by atoms with van der Waals surface area (Å²) in [5.74, 6) is 0.988. The number of ether oxygens (including phenoxy) is 2. The molecule has 3 aliphatic heterocycles. The summed E-state index contributed by atoms with van der Waals surface area (Å²) in [4.78, 5) is 19.7. The first-order chi connectivity index (χ1) is 10.9. The monoisotopic (exact) mass is 316 g/mol. The normalized spacial score (nSPS) is 32.7. The summed E-state index contributed by atoms with van der Waals surface area (Å²) in [5, 5.41) is 0. The third-order valence-electron chi connectivity index (χ3n) is 5.25. The molecule has 1 aromatic rings. The zero-order chi connectivity index (χ0) is 16.2. The van der Waals surface area contributed by atoms with Gasteiger partial charge < -0.3 is 9.47 Å². The molecule has 0 N–H and O–H groups in total. The van der Waals surface area contributed by atoms with Crippen molar-refractivity contribution in [3.63, 3.8) is 0 Å². The van der Waals surface area contributed by atoms with Crippen LogP contribution in [0.5, 0.6) is 5.88 Å². The topological polar surface area (TPSA) is 51.7 Å². The van der Waals surface area contributed by atoms with Gasteiger partial charge >= 0.3 is 5.97 Å². The van der Waals surface area contributed by atoms with Crippen molar-refractivity contribution in [3.8, 4) is 5.88 Å². The van der Waals surface area contributed by atoms with Crippen molar-refractivity contribution < 1.29 is 14.3 Å². The molecule has 2 fully saturated rings. The Bertz CT molecular complexity index is 639. The average molecular weight is 316 g/mol. The van der Waals surface area contributed by atoms with Crippen LogP contribution in [0.25, 0.3) is 0 Å². The molecule has 5 heteroatoms. The third-order valence-corrected chi connectivity index (χ3v) is 5.25. The lowest BCUT2D eigenvalue weighted by Gasteiger charge is -2.36. The molecular formula is C18H24N2O3. The van der Waals surface area contributed by atoms with Gasteiger partial charge in [-0.3, -0.25) is 9.69 Å². The second-order valence-corrected chi connectivity index (χ2v) is 7.95. The molecule has 0 radical (unpaired) electrons. The fourth-order valence-electron chi connectivity index (χ4n) is 4.51. The van der Waals surface area contributed by atoms with Gasteiger partial charge in [0.1, 0.15) is 11.1 Å². The van der Waals surface area contributed by atoms with Gasteiger partial charge in [0.05, 0.1) is 6.61 Å². The molecular weight excluding hydrogens is 292 g/mol. The number of esters is 1. The maximum absolute atomic E-state index is 13.0. The maximum atomic E-state index is 13.0. The van der Waals surface area contributed by atoms with Crippen molar-refractivity contribution >= 4 is 5.97 Å². The lowest BCUT2D eigenvalue weighted by molar-refractivity contribution is -0.167. The highest BCUT2D eigenvalue weighted by Gasteiger charge is 2.61. The number of hydrogen-bond acceptors (Lipinski definition) is 5. The highest BCUT2D eigenvalue weighted by Crippen LogP contribution is 2.55. The van der Waals surface area contributed by atoms with Crippen LogP contribution in [0.3, 0.4) is 0 Å². The van der Waals surface area contributed by atoms with E-state index in [2.05, 4.69) is 16.0 Å². The van der Waals surface area contributed by atoms with Gasteiger partial charge in [0.2, 0.25) is 5.88 Å². The van der Waals surface area contributed by atoms with E-state index in [1.54, 1.807) is 6.20 Å². The molecule has 0 bridgehead atoms. The molecule has 4 rings (SSSR count). The van der Waals surface area contributed by atoms with Gasteiger partial charge in [0.25, 0.3) is 0 Å². The Morgan fingerprint density at radius 2 is 2.30 bits per heavy atom. The summed E-state index contributed by atoms with van der Waals surface area (Å²) >= 11 is 0. The van der Waals surface area contributed by atoms with Gasteiger partial charge in [-0.1, -0.05) is 6.07 Å². The molecule has 2 saturated heterocycles. The number of aromatic nitrogens is 1. The molecule has 0 spiro atoms. The van der Waals surface area contributed by atoms with E-state index in [4.69, 9.17) is 9.47 Å². The lowest BCUT2D eigenvalue weighted by atomic mass is 9.86. The van der Waals surface area contributed by atoms with Crippen molar-refractivity contribution in [2.75, 3.05) is 13.2 Å². The van der Waals surface area contributed by atoms with Gasteiger partial charge in [0.15, 0.2) is 0 Å². The van der Waals surface area contributed by atoms with Crippen LogP contribution in [-0.4, -0.2) is 40.1 Å². The van der Waals surface area contributed by atoms with Gasteiger partial charge in [0, 0.05) is 23.7 Å². The van der Waals surface area contributed by atoms with Crippen LogP contribution in [0.2, 0.25) is 0 Å². The summed E-state index contributed by atoms with van der Waals surface area (Å²) in [6.07, 6.45) is 4.50. The van der Waals surface area contributed by atoms with Crippen LogP contribution in [0.1, 0.15) is 51.6 Å². The number of carbonyl (C=O) groups excluding carboxylic acids is 1. The molecule has 5 nitrogen and oxygen atoms in total. The van der Waals surface area contributed by atoms with E-state index in [9.17, 15) is 4.79 Å². The van der Waals surface area contributed by atoms with Gasteiger partial charge in [-0.25, -0.2) is 4.98 Å². The first kappa shape index (κ1) is 14.9. The Labute approximate surface area is 137 Å². The quantitative estimate of drug-likeness (QED) is 0.746. The Morgan fingerprint density at radius 1 is 1.48 bits per heavy atom. The van der Waals surface area contributed by atoms with Crippen molar-refractivity contribution in [3.05, 3.63) is 23.9 Å². The van der Waals surface area contributed by atoms with Gasteiger partial charge in [-0.15, -0.1) is 0 Å². The molecule has 1 aromatic heterocycles. The largest absolute Gasteiger partial charge is 0.477 e. The van der Waals surface area contributed by atoms with Crippen molar-refractivity contribution in [1.29, 1.82) is 0 Å². The number of fused-ring (bicyclic) bond motifs is 5. The second-order valence-electron chi connectivity index (χ2n) is 7.95. The molecule has 0 saturated carbocycles. The minimum atomic E-state index is -0.483. The molecule has 0 aliphatic carbocycles. The third kappa shape index (κ3) is 2.24. The smallest absolute Gasteiger partial charge is 0.327 e. The van der Waals surface area contributed by atoms with Crippen LogP contribution in [0.4, 0.5) is 0 Å². The number of rotatable bonds is 1. The summed E-state index contributed by atoms with van der Waals surface area (Å²) in [5.41, 5.74) is 0.184. The summed E-state index contributed by atoms with van der Waals surface area (Å²) < 4.78 is 11.6. The molecule has 23 heavy (non-hydrogen) atoms. The van der Waals surface area contributed by atoms with E-state index in [1.807, 2.05) is 26.8 Å². The van der Waals surface area contributed by atoms with Crippen molar-refractivity contribution in [1.82, 2.24) is 9.88 Å². The predicted octanol–water partition coefficient (Wildman–Crippen LogP) is 2.71. The highest BCUT2D eigenvalue weighted by atomic mass is 16.6. The number of carbonyl (C=O) groups is 1. The fraction of sp³-hybridized carbons (Fsp3) is 0.667. The first-order valence-electron chi connectivity index (χ1n) is 8.49. The van der Waals surface area contributed by atoms with E-state index in [-0.39, 0.29) is 12.0 Å². The zero-order valence-electron chi connectivity index (χ0n) is 14.0. The van der Waals surface area contributed by atoms with Crippen LogP contribution in [0, 0.1) is 5.92 Å². The summed E-state index contributed by atoms with van der Waals surface area (Å²) in [6.45, 7) is 7.38. The van der Waals surface area contributed by atoms with E-state index in [0.29, 0.717) is 12.5 Å². The van der Waals surface area contributed by atoms with Gasteiger partial charge in [-0.05, 0) is 52.6 Å². The van der Waals surface area contributed by atoms with Gasteiger partial charge in [-0.2, -0.15) is 0 Å². The van der Waals surface area contributed by atoms with Crippen LogP contribution >= 0.6 is 0 Å². The molecule has 3 atom stereocenters. The van der Waals surface area contributed by atoms with Crippen LogP contribution < -0.4 is 4.74 Å². The van der Waals surface area contributed by atoms with E-state index in [1.165, 1.54) is 0 Å². The first-order valence-corrected chi connectivity index (χ1v) is 8.49. The molecule has 124 valence electrons. The van der Waals surface area contributed by atoms with E-state index >= 15 is 0 Å². The SMILES string of the molecule is CC(C)(C)OC(=O)[C@@]12CCCN1[C@H]1c3cccnc3OC[C@H]1C2. The summed E-state index contributed by atoms with van der Waals surface area (Å²) in [6, 6.07) is 4.26. The highest BCUT2D eigenvalue weighted by molar-refractivity contribution is 5.82. The molecule has 0 unspecified atom stereocenters. The lowest BCUT2D eigenvalue weighted by Crippen LogP contribution is -2.49. The molecule has 3 aliphatic rings. The average Bonchev–Trinajstić information content (AvgIpc) is 3.02. The molecule has 4 heterocycles. The molecule has 0 aromatic carbocycles. The van der Waals surface area contributed by atoms with E-state index < -0.39 is 11.1 Å². The number of nitrogens with zero attached hydrogens (tertiary/aromatic N) is 2. The fourth-order valence-corrected chi connectivity index (χ4v) is 4.51. The Hall–Kier alpha value is -1.62. The van der Waals surface area contributed by atoms with Crippen LogP contribution in [-0.2, 0) is 9.53 Å². The molecule has 0 amide bonds. The minimum Gasteiger partial charge on any atom is -0.477 e. The minimum absolute atomic E-state index is 0.0673. The number of pyridine rings is 1. The Morgan fingerprint density at radius 3 is 3.09 bits per heavy atom. The van der Waals surface area contributed by atoms with Crippen molar-refractivity contribution in [2.24, 2.45) is 5.92 Å². The second kappa shape index (κ2) is 4.94. The van der Waals surface area contributed by atoms with Crippen molar-refractivity contribution in [2.45, 2.75) is 57.2 Å². The predicted molar refractivity (Wildman–Crippen MR) is 85.1 cm³/mol. The Balaban J connectivity index is 1.71. The maximum Gasteiger partial charge on any atom is 0.327 e. The zero-order valence-corrected chi connectivity index (χ0v) is 14.0. The van der Waals surface area contributed by atoms with Crippen LogP contribution in [0.15, 0.2) is 18.3 Å². The Kier molecular flexibility index (Phi) is 3.21. The standard InChI is InChI=1S/C18H24N2O3/c1-17(2,3)23-16(21)18-7-5-9-20(18)14-12(10-18)11-22-15-13(14)6-4-8-19-15/h4,6,8,12,14H,5,7,9-11H2,1-3H3/t12-,14-,18+/m1/s1.